The summed E-state index contributed by atoms with van der Waals surface area (Å²) in [6, 6.07) is 6.12. The van der Waals surface area contributed by atoms with E-state index in [0.717, 1.165) is 0 Å². The number of nitrogens with zero attached hydrogens (tertiary/aromatic N) is 4. The molecule has 0 fully saturated rings. The van der Waals surface area contributed by atoms with E-state index in [1.807, 2.05) is 6.92 Å². The number of aromatic nitrogens is 4. The number of hydrogen-bond acceptors (Lipinski definition) is 5. The maximum Gasteiger partial charge on any atom is 0.323 e. The molecule has 27 heavy (non-hydrogen) atoms. The van der Waals surface area contributed by atoms with Crippen molar-refractivity contribution >= 4 is 34.8 Å². The molecule has 10 nitrogen and oxygen atoms in total. The minimum absolute atomic E-state index is 0.0560. The number of rotatable bonds is 6. The van der Waals surface area contributed by atoms with Crippen LogP contribution in [0.1, 0.15) is 33.5 Å². The standard InChI is InChI=1S/C17H18N6O4/c1-3-23-13(6-9(2)21-23)16(27)20-17-19-11-5-4-10(15(18)26)7-12(11)22(17)8-14(24)25/h4-7H,3,8H2,1-2H3,(H2,18,26)(H,24,25)(H,19,20,27). The van der Waals surface area contributed by atoms with Gasteiger partial charge in [0.05, 0.1) is 16.7 Å². The highest BCUT2D eigenvalue weighted by Gasteiger charge is 2.19. The van der Waals surface area contributed by atoms with Gasteiger partial charge in [0.25, 0.3) is 5.91 Å². The predicted octanol–water partition coefficient (Wildman–Crippen LogP) is 0.997. The van der Waals surface area contributed by atoms with Crippen molar-refractivity contribution in [1.29, 1.82) is 0 Å². The summed E-state index contributed by atoms with van der Waals surface area (Å²) < 4.78 is 2.85. The number of primary amides is 1. The van der Waals surface area contributed by atoms with Crippen LogP contribution in [0.3, 0.4) is 0 Å². The smallest absolute Gasteiger partial charge is 0.323 e. The average Bonchev–Trinajstić information content (AvgIpc) is 3.14. The van der Waals surface area contributed by atoms with E-state index in [2.05, 4.69) is 15.4 Å². The highest BCUT2D eigenvalue weighted by atomic mass is 16.4. The van der Waals surface area contributed by atoms with E-state index in [1.54, 1.807) is 23.7 Å². The van der Waals surface area contributed by atoms with E-state index in [4.69, 9.17) is 5.73 Å². The second kappa shape index (κ2) is 6.90. The third-order valence-corrected chi connectivity index (χ3v) is 3.99. The molecule has 0 unspecified atom stereocenters. The molecule has 3 rings (SSSR count). The molecule has 140 valence electrons. The summed E-state index contributed by atoms with van der Waals surface area (Å²) in [4.78, 5) is 39.6. The summed E-state index contributed by atoms with van der Waals surface area (Å²) in [5.41, 5.74) is 7.33. The fourth-order valence-corrected chi connectivity index (χ4v) is 2.80. The van der Waals surface area contributed by atoms with Crippen molar-refractivity contribution in [3.63, 3.8) is 0 Å². The molecule has 1 aromatic carbocycles. The van der Waals surface area contributed by atoms with Crippen LogP contribution in [-0.2, 0) is 17.9 Å². The van der Waals surface area contributed by atoms with Crippen LogP contribution in [0, 0.1) is 6.92 Å². The fraction of sp³-hybridized carbons (Fsp3) is 0.235. The largest absolute Gasteiger partial charge is 0.480 e. The Labute approximate surface area is 153 Å². The maximum atomic E-state index is 12.7. The lowest BCUT2D eigenvalue weighted by Crippen LogP contribution is -2.21. The number of carboxylic acids is 1. The average molecular weight is 370 g/mol. The lowest BCUT2D eigenvalue weighted by molar-refractivity contribution is -0.137. The molecule has 0 spiro atoms. The molecule has 0 saturated carbocycles. The van der Waals surface area contributed by atoms with Crippen molar-refractivity contribution in [2.24, 2.45) is 5.73 Å². The zero-order valence-electron chi connectivity index (χ0n) is 14.8. The Morgan fingerprint density at radius 2 is 2.00 bits per heavy atom. The van der Waals surface area contributed by atoms with Crippen LogP contribution < -0.4 is 11.1 Å². The number of imidazole rings is 1. The van der Waals surface area contributed by atoms with Gasteiger partial charge in [-0.3, -0.25) is 28.9 Å². The Morgan fingerprint density at radius 3 is 2.63 bits per heavy atom. The van der Waals surface area contributed by atoms with Crippen LogP contribution >= 0.6 is 0 Å². The summed E-state index contributed by atoms with van der Waals surface area (Å²) in [6.07, 6.45) is 0. The molecule has 0 saturated heterocycles. The quantitative estimate of drug-likeness (QED) is 0.590. The summed E-state index contributed by atoms with van der Waals surface area (Å²) in [5.74, 6) is -2.17. The van der Waals surface area contributed by atoms with Crippen LogP contribution in [0.4, 0.5) is 5.95 Å². The Kier molecular flexibility index (Phi) is 4.63. The normalized spacial score (nSPS) is 10.9. The first kappa shape index (κ1) is 18.1. The van der Waals surface area contributed by atoms with Crippen LogP contribution in [0.2, 0.25) is 0 Å². The van der Waals surface area contributed by atoms with Crippen LogP contribution in [-0.4, -0.2) is 42.2 Å². The number of nitrogens with one attached hydrogen (secondary N) is 1. The van der Waals surface area contributed by atoms with Crippen LogP contribution in [0.15, 0.2) is 24.3 Å². The summed E-state index contributed by atoms with van der Waals surface area (Å²) in [7, 11) is 0. The van der Waals surface area contributed by atoms with Gasteiger partial charge in [-0.15, -0.1) is 0 Å². The number of carbonyl (C=O) groups is 3. The van der Waals surface area contributed by atoms with Gasteiger partial charge in [-0.25, -0.2) is 4.98 Å². The Balaban J connectivity index is 2.05. The van der Waals surface area contributed by atoms with Gasteiger partial charge in [0.2, 0.25) is 11.9 Å². The monoisotopic (exact) mass is 370 g/mol. The molecule has 0 aliphatic rings. The molecule has 10 heteroatoms. The molecule has 3 aromatic rings. The Hall–Kier alpha value is -3.69. The van der Waals surface area contributed by atoms with Crippen molar-refractivity contribution in [3.8, 4) is 0 Å². The highest BCUT2D eigenvalue weighted by molar-refractivity contribution is 6.03. The highest BCUT2D eigenvalue weighted by Crippen LogP contribution is 2.22. The van der Waals surface area contributed by atoms with E-state index in [1.165, 1.54) is 16.7 Å². The lowest BCUT2D eigenvalue weighted by atomic mass is 10.2. The van der Waals surface area contributed by atoms with E-state index in [0.29, 0.717) is 29.0 Å². The van der Waals surface area contributed by atoms with Crippen molar-refractivity contribution in [2.45, 2.75) is 26.9 Å². The van der Waals surface area contributed by atoms with Crippen molar-refractivity contribution in [1.82, 2.24) is 19.3 Å². The number of aryl methyl sites for hydroxylation is 2. The SMILES string of the molecule is CCn1nc(C)cc1C(=O)Nc1nc2ccc(C(N)=O)cc2n1CC(=O)O. The number of aliphatic carboxylic acids is 1. The second-order valence-corrected chi connectivity index (χ2v) is 5.92. The van der Waals surface area contributed by atoms with Gasteiger partial charge < -0.3 is 10.8 Å². The summed E-state index contributed by atoms with van der Waals surface area (Å²) in [6.45, 7) is 3.69. The van der Waals surface area contributed by atoms with E-state index < -0.39 is 24.3 Å². The minimum Gasteiger partial charge on any atom is -0.480 e. The van der Waals surface area contributed by atoms with Crippen molar-refractivity contribution in [2.75, 3.05) is 5.32 Å². The molecular formula is C17H18N6O4. The topological polar surface area (TPSA) is 145 Å². The molecule has 0 radical (unpaired) electrons. The number of benzene rings is 1. The van der Waals surface area contributed by atoms with Gasteiger partial charge >= 0.3 is 5.97 Å². The van der Waals surface area contributed by atoms with Gasteiger partial charge in [0.1, 0.15) is 12.2 Å². The molecular weight excluding hydrogens is 352 g/mol. The van der Waals surface area contributed by atoms with Crippen LogP contribution in [0.5, 0.6) is 0 Å². The molecule has 2 aromatic heterocycles. The molecule has 0 atom stereocenters. The number of amides is 2. The molecule has 4 N–H and O–H groups in total. The van der Waals surface area contributed by atoms with Gasteiger partial charge in [-0.2, -0.15) is 5.10 Å². The third kappa shape index (κ3) is 3.50. The molecule has 0 aliphatic carbocycles. The van der Waals surface area contributed by atoms with E-state index in [-0.39, 0.29) is 11.5 Å². The zero-order valence-corrected chi connectivity index (χ0v) is 14.8. The molecule has 2 amide bonds. The number of fused-ring (bicyclic) bond motifs is 1. The molecule has 2 heterocycles. The first-order valence-corrected chi connectivity index (χ1v) is 8.17. The number of carboxylic acid groups (broad SMARTS) is 1. The minimum atomic E-state index is -1.12. The van der Waals surface area contributed by atoms with Gasteiger partial charge in [0.15, 0.2) is 0 Å². The van der Waals surface area contributed by atoms with Crippen LogP contribution in [0.25, 0.3) is 11.0 Å². The molecule has 0 aliphatic heterocycles. The lowest BCUT2D eigenvalue weighted by Gasteiger charge is -2.09. The summed E-state index contributed by atoms with van der Waals surface area (Å²) in [5, 5.41) is 16.1. The Bertz CT molecular complexity index is 1060. The van der Waals surface area contributed by atoms with Crippen molar-refractivity contribution < 1.29 is 19.5 Å². The number of nitrogens with two attached hydrogens (primary N) is 1. The van der Waals surface area contributed by atoms with Gasteiger partial charge in [0, 0.05) is 12.1 Å². The van der Waals surface area contributed by atoms with Crippen molar-refractivity contribution in [3.05, 3.63) is 41.2 Å². The number of hydrogen-bond donors (Lipinski definition) is 3. The fourth-order valence-electron chi connectivity index (χ4n) is 2.80. The van der Waals surface area contributed by atoms with Gasteiger partial charge in [-0.1, -0.05) is 0 Å². The maximum absolute atomic E-state index is 12.7. The molecule has 0 bridgehead atoms. The Morgan fingerprint density at radius 1 is 1.26 bits per heavy atom. The van der Waals surface area contributed by atoms with E-state index >= 15 is 0 Å². The predicted molar refractivity (Wildman–Crippen MR) is 96.5 cm³/mol. The summed E-state index contributed by atoms with van der Waals surface area (Å²) >= 11 is 0. The number of anilines is 1. The van der Waals surface area contributed by atoms with Gasteiger partial charge in [-0.05, 0) is 38.1 Å². The zero-order chi connectivity index (χ0) is 19.7. The first-order chi connectivity index (χ1) is 12.8. The third-order valence-electron chi connectivity index (χ3n) is 3.99. The van der Waals surface area contributed by atoms with E-state index in [9.17, 15) is 19.5 Å². The number of carbonyl (C=O) groups excluding carboxylic acids is 2. The second-order valence-electron chi connectivity index (χ2n) is 5.92. The first-order valence-electron chi connectivity index (χ1n) is 8.17.